The van der Waals surface area contributed by atoms with Crippen molar-refractivity contribution in [1.29, 1.82) is 0 Å². The first-order valence-corrected chi connectivity index (χ1v) is 6.50. The van der Waals surface area contributed by atoms with Crippen molar-refractivity contribution in [2.24, 2.45) is 0 Å². The summed E-state index contributed by atoms with van der Waals surface area (Å²) in [6.07, 6.45) is 2.21. The molecule has 1 atom stereocenters. The maximum absolute atomic E-state index is 11.9. The van der Waals surface area contributed by atoms with E-state index in [1.807, 2.05) is 12.1 Å². The minimum Gasteiger partial charge on any atom is -0.378 e. The van der Waals surface area contributed by atoms with Gasteiger partial charge in [-0.1, -0.05) is 25.5 Å². The molecule has 0 aliphatic carbocycles. The van der Waals surface area contributed by atoms with Crippen LogP contribution in [0.3, 0.4) is 0 Å². The molecule has 1 aliphatic heterocycles. The molecule has 0 saturated carbocycles. The Hall–Kier alpha value is -1.39. The maximum atomic E-state index is 11.9. The van der Waals surface area contributed by atoms with Crippen molar-refractivity contribution in [1.82, 2.24) is 5.32 Å². The first-order chi connectivity index (χ1) is 8.79. The second-order valence-corrected chi connectivity index (χ2v) is 4.52. The number of carbonyl (C=O) groups is 1. The molecule has 0 spiro atoms. The molecule has 1 unspecified atom stereocenters. The maximum Gasteiger partial charge on any atom is 0.243 e. The number of hydrogen-bond acceptors (Lipinski definition) is 3. The number of morpholine rings is 1. The smallest absolute Gasteiger partial charge is 0.243 e. The van der Waals surface area contributed by atoms with Gasteiger partial charge < -0.3 is 15.4 Å². The molecule has 4 heteroatoms. The number of carbonyl (C=O) groups excluding carboxylic acids is 1. The fraction of sp³-hybridized carbons (Fsp3) is 0.500. The van der Waals surface area contributed by atoms with E-state index in [0.717, 1.165) is 25.1 Å². The molecule has 1 amide bonds. The number of amides is 1. The van der Waals surface area contributed by atoms with Gasteiger partial charge in [0.15, 0.2) is 0 Å². The van der Waals surface area contributed by atoms with Crippen LogP contribution >= 0.6 is 0 Å². The summed E-state index contributed by atoms with van der Waals surface area (Å²) in [7, 11) is 0. The van der Waals surface area contributed by atoms with Crippen LogP contribution in [-0.4, -0.2) is 31.7 Å². The summed E-state index contributed by atoms with van der Waals surface area (Å²) in [4.78, 5) is 11.9. The molecule has 18 heavy (non-hydrogen) atoms. The zero-order chi connectivity index (χ0) is 12.8. The number of hydrogen-bond donors (Lipinski definition) is 2. The van der Waals surface area contributed by atoms with E-state index in [9.17, 15) is 4.79 Å². The van der Waals surface area contributed by atoms with Crippen molar-refractivity contribution in [3.8, 4) is 0 Å². The summed E-state index contributed by atoms with van der Waals surface area (Å²) >= 11 is 0. The summed E-state index contributed by atoms with van der Waals surface area (Å²) in [6.45, 7) is 4.01. The minimum atomic E-state index is -0.242. The van der Waals surface area contributed by atoms with E-state index in [2.05, 4.69) is 29.7 Å². The quantitative estimate of drug-likeness (QED) is 0.850. The van der Waals surface area contributed by atoms with Gasteiger partial charge in [0.05, 0.1) is 13.2 Å². The standard InChI is InChI=1S/C14H20N2O2/c1-2-3-11-4-6-12(7-5-11)16-14(17)13-10-18-9-8-15-13/h4-7,13,15H,2-3,8-10H2,1H3,(H,16,17). The van der Waals surface area contributed by atoms with E-state index in [-0.39, 0.29) is 11.9 Å². The molecule has 0 radical (unpaired) electrons. The van der Waals surface area contributed by atoms with Crippen LogP contribution in [-0.2, 0) is 16.0 Å². The van der Waals surface area contributed by atoms with Crippen LogP contribution in [0.25, 0.3) is 0 Å². The third kappa shape index (κ3) is 3.55. The molecular formula is C14H20N2O2. The van der Waals surface area contributed by atoms with E-state index in [4.69, 9.17) is 4.74 Å². The normalized spacial score (nSPS) is 19.5. The number of aryl methyl sites for hydroxylation is 1. The zero-order valence-electron chi connectivity index (χ0n) is 10.7. The Morgan fingerprint density at radius 3 is 2.83 bits per heavy atom. The Morgan fingerprint density at radius 1 is 1.44 bits per heavy atom. The van der Waals surface area contributed by atoms with E-state index in [1.165, 1.54) is 5.56 Å². The highest BCUT2D eigenvalue weighted by atomic mass is 16.5. The van der Waals surface area contributed by atoms with Gasteiger partial charge in [-0.25, -0.2) is 0 Å². The van der Waals surface area contributed by atoms with Crippen LogP contribution in [0.2, 0.25) is 0 Å². The molecule has 1 aromatic rings. The predicted molar refractivity (Wildman–Crippen MR) is 71.7 cm³/mol. The number of rotatable bonds is 4. The van der Waals surface area contributed by atoms with Crippen LogP contribution < -0.4 is 10.6 Å². The Balaban J connectivity index is 1.89. The lowest BCUT2D eigenvalue weighted by Crippen LogP contribution is -2.48. The van der Waals surface area contributed by atoms with Gasteiger partial charge in [-0.3, -0.25) is 4.79 Å². The number of benzene rings is 1. The summed E-state index contributed by atoms with van der Waals surface area (Å²) in [5, 5.41) is 6.03. The number of nitrogens with one attached hydrogen (secondary N) is 2. The van der Waals surface area contributed by atoms with Gasteiger partial charge in [0.2, 0.25) is 5.91 Å². The van der Waals surface area contributed by atoms with Crippen molar-refractivity contribution < 1.29 is 9.53 Å². The van der Waals surface area contributed by atoms with Gasteiger partial charge in [-0.15, -0.1) is 0 Å². The Kier molecular flexibility index (Phi) is 4.73. The average molecular weight is 248 g/mol. The van der Waals surface area contributed by atoms with Crippen LogP contribution in [0.5, 0.6) is 0 Å². The highest BCUT2D eigenvalue weighted by molar-refractivity contribution is 5.95. The van der Waals surface area contributed by atoms with E-state index in [1.54, 1.807) is 0 Å². The lowest BCUT2D eigenvalue weighted by molar-refractivity contribution is -0.120. The minimum absolute atomic E-state index is 0.0297. The number of ether oxygens (including phenoxy) is 1. The Bertz CT molecular complexity index is 383. The zero-order valence-corrected chi connectivity index (χ0v) is 10.7. The van der Waals surface area contributed by atoms with Crippen molar-refractivity contribution in [2.45, 2.75) is 25.8 Å². The highest BCUT2D eigenvalue weighted by Crippen LogP contribution is 2.11. The molecular weight excluding hydrogens is 228 g/mol. The Morgan fingerprint density at radius 2 is 2.22 bits per heavy atom. The van der Waals surface area contributed by atoms with Crippen molar-refractivity contribution >= 4 is 11.6 Å². The second-order valence-electron chi connectivity index (χ2n) is 4.52. The summed E-state index contributed by atoms with van der Waals surface area (Å²) < 4.78 is 5.27. The van der Waals surface area contributed by atoms with Gasteiger partial charge >= 0.3 is 0 Å². The third-order valence-electron chi connectivity index (χ3n) is 3.00. The topological polar surface area (TPSA) is 50.4 Å². The van der Waals surface area contributed by atoms with Crippen LogP contribution in [0, 0.1) is 0 Å². The molecule has 0 bridgehead atoms. The lowest BCUT2D eigenvalue weighted by atomic mass is 10.1. The molecule has 4 nitrogen and oxygen atoms in total. The summed E-state index contributed by atoms with van der Waals surface area (Å²) in [5.74, 6) is -0.0297. The van der Waals surface area contributed by atoms with Gasteiger partial charge in [0, 0.05) is 12.2 Å². The van der Waals surface area contributed by atoms with Crippen molar-refractivity contribution in [3.05, 3.63) is 29.8 Å². The van der Waals surface area contributed by atoms with E-state index >= 15 is 0 Å². The first-order valence-electron chi connectivity index (χ1n) is 6.50. The van der Waals surface area contributed by atoms with E-state index < -0.39 is 0 Å². The SMILES string of the molecule is CCCc1ccc(NC(=O)C2COCCN2)cc1. The van der Waals surface area contributed by atoms with Crippen LogP contribution in [0.15, 0.2) is 24.3 Å². The molecule has 1 aromatic carbocycles. The van der Waals surface area contributed by atoms with Crippen LogP contribution in [0.4, 0.5) is 5.69 Å². The van der Waals surface area contributed by atoms with Gasteiger partial charge in [-0.05, 0) is 24.1 Å². The fourth-order valence-electron chi connectivity index (χ4n) is 2.01. The average Bonchev–Trinajstić information content (AvgIpc) is 2.42. The molecule has 1 saturated heterocycles. The largest absolute Gasteiger partial charge is 0.378 e. The van der Waals surface area contributed by atoms with Crippen molar-refractivity contribution in [2.75, 3.05) is 25.1 Å². The molecule has 1 aliphatic rings. The lowest BCUT2D eigenvalue weighted by Gasteiger charge is -2.22. The van der Waals surface area contributed by atoms with Gasteiger partial charge in [0.25, 0.3) is 0 Å². The number of anilines is 1. The monoisotopic (exact) mass is 248 g/mol. The Labute approximate surface area is 108 Å². The first kappa shape index (κ1) is 13.1. The van der Waals surface area contributed by atoms with Gasteiger partial charge in [0.1, 0.15) is 6.04 Å². The molecule has 0 aromatic heterocycles. The van der Waals surface area contributed by atoms with E-state index in [0.29, 0.717) is 13.2 Å². The summed E-state index contributed by atoms with van der Waals surface area (Å²) in [5.41, 5.74) is 2.14. The van der Waals surface area contributed by atoms with Gasteiger partial charge in [-0.2, -0.15) is 0 Å². The third-order valence-corrected chi connectivity index (χ3v) is 3.00. The molecule has 2 rings (SSSR count). The molecule has 1 heterocycles. The molecule has 98 valence electrons. The molecule has 1 fully saturated rings. The fourth-order valence-corrected chi connectivity index (χ4v) is 2.01. The second kappa shape index (κ2) is 6.52. The van der Waals surface area contributed by atoms with Crippen molar-refractivity contribution in [3.63, 3.8) is 0 Å². The summed E-state index contributed by atoms with van der Waals surface area (Å²) in [6, 6.07) is 7.78. The predicted octanol–water partition coefficient (Wildman–Crippen LogP) is 1.57. The van der Waals surface area contributed by atoms with Crippen LogP contribution in [0.1, 0.15) is 18.9 Å². The highest BCUT2D eigenvalue weighted by Gasteiger charge is 2.20. The molecule has 2 N–H and O–H groups in total.